The summed E-state index contributed by atoms with van der Waals surface area (Å²) in [7, 11) is -4.12. The lowest BCUT2D eigenvalue weighted by atomic mass is 10.0. The first kappa shape index (κ1) is 30.5. The summed E-state index contributed by atoms with van der Waals surface area (Å²) in [4.78, 5) is 29.5. The Morgan fingerprint density at radius 1 is 0.762 bits per heavy atom. The van der Waals surface area contributed by atoms with Gasteiger partial charge in [-0.1, -0.05) is 84.9 Å². The van der Waals surface area contributed by atoms with Crippen LogP contribution >= 0.6 is 0 Å². The fourth-order valence-corrected chi connectivity index (χ4v) is 6.39. The Morgan fingerprint density at radius 3 is 1.83 bits per heavy atom. The van der Waals surface area contributed by atoms with Gasteiger partial charge in [-0.05, 0) is 67.3 Å². The second kappa shape index (κ2) is 14.0. The number of rotatable bonds is 12. The molecule has 0 aliphatic carbocycles. The zero-order valence-electron chi connectivity index (χ0n) is 24.2. The van der Waals surface area contributed by atoms with Crippen LogP contribution in [0.1, 0.15) is 29.2 Å². The Morgan fingerprint density at radius 2 is 1.29 bits per heavy atom. The third kappa shape index (κ3) is 7.64. The van der Waals surface area contributed by atoms with Crippen LogP contribution in [0.3, 0.4) is 0 Å². The molecule has 0 saturated carbocycles. The zero-order valence-corrected chi connectivity index (χ0v) is 25.1. The molecule has 0 aliphatic rings. The lowest BCUT2D eigenvalue weighted by Gasteiger charge is -2.34. The van der Waals surface area contributed by atoms with Crippen LogP contribution in [0.15, 0.2) is 114 Å². The molecular formula is C34H37N3O4S. The molecule has 0 saturated heterocycles. The van der Waals surface area contributed by atoms with Crippen molar-refractivity contribution in [3.63, 3.8) is 0 Å². The summed E-state index contributed by atoms with van der Waals surface area (Å²) in [5, 5.41) is 2.88. The molecule has 0 aromatic heterocycles. The number of nitrogens with one attached hydrogen (secondary N) is 1. The molecule has 4 aromatic carbocycles. The van der Waals surface area contributed by atoms with Crippen LogP contribution in [-0.4, -0.2) is 44.3 Å². The molecule has 0 spiro atoms. The molecule has 8 heteroatoms. The number of sulfonamides is 1. The molecule has 0 heterocycles. The van der Waals surface area contributed by atoms with Gasteiger partial charge in [0.2, 0.25) is 11.8 Å². The van der Waals surface area contributed by atoms with Gasteiger partial charge in [0.05, 0.1) is 10.6 Å². The maximum absolute atomic E-state index is 14.4. The lowest BCUT2D eigenvalue weighted by Crippen LogP contribution is -2.53. The highest BCUT2D eigenvalue weighted by atomic mass is 32.2. The van der Waals surface area contributed by atoms with E-state index >= 15 is 0 Å². The summed E-state index contributed by atoms with van der Waals surface area (Å²) < 4.78 is 29.2. The number of hydrogen-bond acceptors (Lipinski definition) is 4. The van der Waals surface area contributed by atoms with Crippen LogP contribution in [0.5, 0.6) is 0 Å². The van der Waals surface area contributed by atoms with Crippen LogP contribution in [0.4, 0.5) is 5.69 Å². The Balaban J connectivity index is 1.80. The standard InChI is InChI=1S/C34H37N3O4S/c1-4-35-34(39)32(23-28-14-8-5-9-15-28)36(24-29-16-10-6-11-17-29)33(38)25-37(30-21-26(2)20-27(3)22-30)42(40,41)31-18-12-7-13-19-31/h5-22,32H,4,23-25H2,1-3H3,(H,35,39). The van der Waals surface area contributed by atoms with Gasteiger partial charge in [0.25, 0.3) is 10.0 Å². The molecule has 0 radical (unpaired) electrons. The van der Waals surface area contributed by atoms with Crippen LogP contribution in [0, 0.1) is 13.8 Å². The SMILES string of the molecule is CCNC(=O)C(Cc1ccccc1)N(Cc1ccccc1)C(=O)CN(c1cc(C)cc(C)c1)S(=O)(=O)c1ccccc1. The molecule has 0 fully saturated rings. The number of nitrogens with zero attached hydrogens (tertiary/aromatic N) is 2. The van der Waals surface area contributed by atoms with E-state index in [-0.39, 0.29) is 23.8 Å². The van der Waals surface area contributed by atoms with Crippen LogP contribution in [-0.2, 0) is 32.6 Å². The fourth-order valence-electron chi connectivity index (χ4n) is 4.97. The van der Waals surface area contributed by atoms with Crippen molar-refractivity contribution in [3.8, 4) is 0 Å². The number of amides is 2. The highest BCUT2D eigenvalue weighted by Crippen LogP contribution is 2.27. The highest BCUT2D eigenvalue weighted by Gasteiger charge is 2.34. The largest absolute Gasteiger partial charge is 0.355 e. The molecule has 1 unspecified atom stereocenters. The zero-order chi connectivity index (χ0) is 30.1. The number of carbonyl (C=O) groups excluding carboxylic acids is 2. The Kier molecular flexibility index (Phi) is 10.1. The van der Waals surface area contributed by atoms with E-state index in [0.29, 0.717) is 12.2 Å². The second-order valence-corrected chi connectivity index (χ2v) is 12.1. The van der Waals surface area contributed by atoms with Crippen LogP contribution < -0.4 is 9.62 Å². The third-order valence-electron chi connectivity index (χ3n) is 6.92. The van der Waals surface area contributed by atoms with Gasteiger partial charge in [-0.15, -0.1) is 0 Å². The van der Waals surface area contributed by atoms with Gasteiger partial charge >= 0.3 is 0 Å². The van der Waals surface area contributed by atoms with Gasteiger partial charge in [0.1, 0.15) is 12.6 Å². The number of hydrogen-bond donors (Lipinski definition) is 1. The van der Waals surface area contributed by atoms with Crippen molar-refractivity contribution < 1.29 is 18.0 Å². The first-order chi connectivity index (χ1) is 20.2. The molecule has 4 aromatic rings. The minimum absolute atomic E-state index is 0.0798. The minimum Gasteiger partial charge on any atom is -0.355 e. The first-order valence-corrected chi connectivity index (χ1v) is 15.4. The highest BCUT2D eigenvalue weighted by molar-refractivity contribution is 7.92. The fraction of sp³-hybridized carbons (Fsp3) is 0.235. The van der Waals surface area contributed by atoms with Crippen LogP contribution in [0.25, 0.3) is 0 Å². The van der Waals surface area contributed by atoms with E-state index in [0.717, 1.165) is 26.6 Å². The maximum atomic E-state index is 14.4. The monoisotopic (exact) mass is 583 g/mol. The number of likely N-dealkylation sites (N-methyl/N-ethyl adjacent to an activating group) is 1. The second-order valence-electron chi connectivity index (χ2n) is 10.3. The Bertz CT molecular complexity index is 1570. The van der Waals surface area contributed by atoms with Crippen molar-refractivity contribution in [1.82, 2.24) is 10.2 Å². The van der Waals surface area contributed by atoms with Gasteiger partial charge in [0.15, 0.2) is 0 Å². The lowest BCUT2D eigenvalue weighted by molar-refractivity contribution is -0.140. The van der Waals surface area contributed by atoms with Crippen molar-refractivity contribution in [1.29, 1.82) is 0 Å². The van der Waals surface area contributed by atoms with Gasteiger partial charge in [-0.25, -0.2) is 8.42 Å². The van der Waals surface area contributed by atoms with Crippen molar-refractivity contribution in [2.24, 2.45) is 0 Å². The molecular weight excluding hydrogens is 546 g/mol. The number of aryl methyl sites for hydroxylation is 2. The molecule has 0 bridgehead atoms. The molecule has 42 heavy (non-hydrogen) atoms. The quantitative estimate of drug-likeness (QED) is 0.246. The first-order valence-electron chi connectivity index (χ1n) is 14.0. The van der Waals surface area contributed by atoms with E-state index in [4.69, 9.17) is 0 Å². The normalized spacial score (nSPS) is 11.9. The molecule has 7 nitrogen and oxygen atoms in total. The Labute approximate surface area is 248 Å². The number of anilines is 1. The summed E-state index contributed by atoms with van der Waals surface area (Å²) >= 11 is 0. The maximum Gasteiger partial charge on any atom is 0.264 e. The van der Waals surface area contributed by atoms with Gasteiger partial charge in [-0.3, -0.25) is 13.9 Å². The van der Waals surface area contributed by atoms with E-state index in [1.54, 1.807) is 30.3 Å². The molecule has 1 N–H and O–H groups in total. The average molecular weight is 584 g/mol. The van der Waals surface area contributed by atoms with E-state index in [2.05, 4.69) is 5.32 Å². The van der Waals surface area contributed by atoms with Crippen LogP contribution in [0.2, 0.25) is 0 Å². The summed E-state index contributed by atoms with van der Waals surface area (Å²) in [6.07, 6.45) is 0.278. The van der Waals surface area contributed by atoms with Gasteiger partial charge in [-0.2, -0.15) is 0 Å². The summed E-state index contributed by atoms with van der Waals surface area (Å²) in [5.74, 6) is -0.779. The van der Waals surface area contributed by atoms with Gasteiger partial charge < -0.3 is 10.2 Å². The number of benzene rings is 4. The van der Waals surface area contributed by atoms with Crippen molar-refractivity contribution >= 4 is 27.5 Å². The van der Waals surface area contributed by atoms with Gasteiger partial charge in [0, 0.05) is 19.5 Å². The summed E-state index contributed by atoms with van der Waals surface area (Å²) in [6, 6.07) is 31.6. The van der Waals surface area contributed by atoms with E-state index in [1.807, 2.05) is 87.5 Å². The van der Waals surface area contributed by atoms with Crippen molar-refractivity contribution in [3.05, 3.63) is 131 Å². The summed E-state index contributed by atoms with van der Waals surface area (Å²) in [5.41, 5.74) is 3.86. The average Bonchev–Trinajstić information content (AvgIpc) is 2.98. The van der Waals surface area contributed by atoms with E-state index < -0.39 is 28.5 Å². The smallest absolute Gasteiger partial charge is 0.264 e. The van der Waals surface area contributed by atoms with E-state index in [1.165, 1.54) is 17.0 Å². The molecule has 4 rings (SSSR count). The predicted octanol–water partition coefficient (Wildman–Crippen LogP) is 5.27. The third-order valence-corrected chi connectivity index (χ3v) is 8.71. The molecule has 1 atom stereocenters. The summed E-state index contributed by atoms with van der Waals surface area (Å²) in [6.45, 7) is 5.66. The van der Waals surface area contributed by atoms with Crippen molar-refractivity contribution in [2.45, 2.75) is 44.7 Å². The predicted molar refractivity (Wildman–Crippen MR) is 166 cm³/mol. The van der Waals surface area contributed by atoms with E-state index in [9.17, 15) is 18.0 Å². The van der Waals surface area contributed by atoms with Crippen molar-refractivity contribution in [2.75, 3.05) is 17.4 Å². The molecule has 218 valence electrons. The Hall–Kier alpha value is -4.43. The number of carbonyl (C=O) groups is 2. The minimum atomic E-state index is -4.12. The topological polar surface area (TPSA) is 86.8 Å². The molecule has 0 aliphatic heterocycles. The molecule has 2 amide bonds.